The van der Waals surface area contributed by atoms with Gasteiger partial charge >= 0.3 is 0 Å². The number of rotatable bonds is 11. The third-order valence-corrected chi connectivity index (χ3v) is 9.97. The number of aliphatic hydroxyl groups is 1. The molecule has 3 N–H and O–H groups in total. The molecule has 1 aliphatic heterocycles. The van der Waals surface area contributed by atoms with Gasteiger partial charge in [-0.1, -0.05) is 58.5 Å². The summed E-state index contributed by atoms with van der Waals surface area (Å²) in [6, 6.07) is 9.06. The van der Waals surface area contributed by atoms with Gasteiger partial charge in [-0.15, -0.1) is 11.3 Å². The van der Waals surface area contributed by atoms with Crippen LogP contribution in [0.3, 0.4) is 0 Å². The number of amides is 1. The van der Waals surface area contributed by atoms with Crippen LogP contribution in [0.25, 0.3) is 0 Å². The van der Waals surface area contributed by atoms with Crippen molar-refractivity contribution in [1.82, 2.24) is 9.88 Å². The minimum atomic E-state index is -0.674. The number of halogens is 4. The van der Waals surface area contributed by atoms with Crippen LogP contribution >= 0.6 is 57.7 Å². The summed E-state index contributed by atoms with van der Waals surface area (Å²) < 4.78 is 6.17. The average Bonchev–Trinajstić information content (AvgIpc) is 3.48. The molecule has 1 amide bonds. The van der Waals surface area contributed by atoms with E-state index in [4.69, 9.17) is 56.9 Å². The van der Waals surface area contributed by atoms with Gasteiger partial charge in [0, 0.05) is 43.2 Å². The Labute approximate surface area is 264 Å². The van der Waals surface area contributed by atoms with E-state index in [1.54, 1.807) is 36.5 Å². The number of aromatic nitrogens is 1. The second-order valence-corrected chi connectivity index (χ2v) is 13.3. The van der Waals surface area contributed by atoms with Crippen molar-refractivity contribution < 1.29 is 14.6 Å². The zero-order valence-corrected chi connectivity index (χ0v) is 26.4. The fourth-order valence-corrected chi connectivity index (χ4v) is 7.01. The van der Waals surface area contributed by atoms with Gasteiger partial charge in [-0.2, -0.15) is 0 Å². The van der Waals surface area contributed by atoms with Crippen LogP contribution in [0.15, 0.2) is 36.5 Å². The monoisotopic (exact) mass is 656 g/mol. The van der Waals surface area contributed by atoms with Crippen LogP contribution in [0.1, 0.15) is 48.3 Å². The minimum Gasteiger partial charge on any atom is -0.485 e. The molecule has 220 valence electrons. The van der Waals surface area contributed by atoms with E-state index in [0.29, 0.717) is 50.9 Å². The quantitative estimate of drug-likeness (QED) is 0.236. The Kier molecular flexibility index (Phi) is 9.91. The SMILES string of the molecule is C[C@H](O)c1cc(Cl)c(O[C@@H]2CCN(c3ncc(C[C@H](CN)C(=O)N(Cc4cccc(Cl)c4Cl)C4CC4)s3)C2)c(Cl)c1. The van der Waals surface area contributed by atoms with E-state index in [1.165, 1.54) is 0 Å². The second kappa shape index (κ2) is 13.2. The van der Waals surface area contributed by atoms with E-state index in [1.807, 2.05) is 23.2 Å². The van der Waals surface area contributed by atoms with Crippen molar-refractivity contribution in [2.24, 2.45) is 11.7 Å². The lowest BCUT2D eigenvalue weighted by molar-refractivity contribution is -0.136. The first-order chi connectivity index (χ1) is 19.6. The molecule has 3 atom stereocenters. The second-order valence-electron chi connectivity index (χ2n) is 10.6. The van der Waals surface area contributed by atoms with Gasteiger partial charge in [0.25, 0.3) is 0 Å². The third kappa shape index (κ3) is 7.24. The number of hydrogen-bond acceptors (Lipinski definition) is 7. The van der Waals surface area contributed by atoms with E-state index in [0.717, 1.165) is 41.4 Å². The number of anilines is 1. The number of thiazole rings is 1. The zero-order chi connectivity index (χ0) is 29.3. The third-order valence-electron chi connectivity index (χ3n) is 7.47. The lowest BCUT2D eigenvalue weighted by Crippen LogP contribution is -2.41. The van der Waals surface area contributed by atoms with Gasteiger partial charge in [-0.3, -0.25) is 4.79 Å². The van der Waals surface area contributed by atoms with Gasteiger partial charge in [-0.05, 0) is 55.5 Å². The highest BCUT2D eigenvalue weighted by Gasteiger charge is 2.36. The molecule has 5 rings (SSSR count). The normalized spacial score (nSPS) is 18.4. The fourth-order valence-electron chi connectivity index (χ4n) is 5.01. The molecule has 1 saturated carbocycles. The fraction of sp³-hybridized carbons (Fsp3) is 0.448. The van der Waals surface area contributed by atoms with Crippen molar-refractivity contribution in [1.29, 1.82) is 0 Å². The summed E-state index contributed by atoms with van der Waals surface area (Å²) in [5.41, 5.74) is 7.60. The molecular weight excluding hydrogens is 626 g/mol. The molecule has 0 spiro atoms. The maximum absolute atomic E-state index is 13.6. The Morgan fingerprint density at radius 3 is 2.59 bits per heavy atom. The molecule has 0 radical (unpaired) electrons. The number of hydrogen-bond donors (Lipinski definition) is 2. The van der Waals surface area contributed by atoms with Gasteiger partial charge in [0.2, 0.25) is 5.91 Å². The van der Waals surface area contributed by atoms with Gasteiger partial charge in [0.05, 0.1) is 38.7 Å². The molecule has 0 bridgehead atoms. The Morgan fingerprint density at radius 1 is 1.20 bits per heavy atom. The number of nitrogens with two attached hydrogens (primary N) is 1. The zero-order valence-electron chi connectivity index (χ0n) is 22.5. The van der Waals surface area contributed by atoms with E-state index in [9.17, 15) is 9.90 Å². The average molecular weight is 658 g/mol. The predicted octanol–water partition coefficient (Wildman–Crippen LogP) is 6.78. The summed E-state index contributed by atoms with van der Waals surface area (Å²) >= 11 is 27.0. The Bertz CT molecular complexity index is 1380. The number of carbonyl (C=O) groups excluding carboxylic acids is 1. The molecule has 1 aliphatic carbocycles. The largest absolute Gasteiger partial charge is 0.485 e. The molecule has 2 aromatic carbocycles. The molecule has 7 nitrogen and oxygen atoms in total. The van der Waals surface area contributed by atoms with Crippen molar-refractivity contribution in [2.75, 3.05) is 24.5 Å². The molecule has 1 saturated heterocycles. The molecule has 0 unspecified atom stereocenters. The lowest BCUT2D eigenvalue weighted by Gasteiger charge is -2.27. The highest BCUT2D eigenvalue weighted by atomic mass is 35.5. The maximum atomic E-state index is 13.6. The van der Waals surface area contributed by atoms with Crippen LogP contribution in [0.2, 0.25) is 20.1 Å². The molecule has 1 aromatic heterocycles. The van der Waals surface area contributed by atoms with Crippen molar-refractivity contribution in [3.8, 4) is 5.75 Å². The van der Waals surface area contributed by atoms with Gasteiger partial charge in [0.15, 0.2) is 10.9 Å². The summed E-state index contributed by atoms with van der Waals surface area (Å²) in [4.78, 5) is 23.4. The highest BCUT2D eigenvalue weighted by Crippen LogP contribution is 2.38. The van der Waals surface area contributed by atoms with Gasteiger partial charge in [-0.25, -0.2) is 4.98 Å². The van der Waals surface area contributed by atoms with E-state index >= 15 is 0 Å². The van der Waals surface area contributed by atoms with Crippen molar-refractivity contribution in [2.45, 2.75) is 57.4 Å². The predicted molar refractivity (Wildman–Crippen MR) is 167 cm³/mol. The first-order valence-electron chi connectivity index (χ1n) is 13.6. The highest BCUT2D eigenvalue weighted by molar-refractivity contribution is 7.15. The lowest BCUT2D eigenvalue weighted by atomic mass is 10.0. The summed E-state index contributed by atoms with van der Waals surface area (Å²) in [6.45, 7) is 3.72. The molecule has 2 heterocycles. The van der Waals surface area contributed by atoms with Gasteiger partial charge < -0.3 is 25.4 Å². The Balaban J connectivity index is 1.21. The molecule has 2 fully saturated rings. The molecule has 3 aromatic rings. The maximum Gasteiger partial charge on any atom is 0.227 e. The standard InChI is InChI=1S/C29H32Cl4N4O3S/c1-16(38)18-10-24(31)27(25(32)11-18)40-21-7-8-36(15-21)29-35-13-22(41-29)9-19(12-34)28(39)37(20-5-6-20)14-17-3-2-4-23(30)26(17)33/h2-4,10-11,13,16,19-21,38H,5-9,12,14-15,34H2,1H3/t16-,19+,21+/m0/s1. The van der Waals surface area contributed by atoms with Crippen molar-refractivity contribution in [3.63, 3.8) is 0 Å². The molecule has 2 aliphatic rings. The number of carbonyl (C=O) groups is 1. The Hall–Kier alpha value is -1.78. The summed E-state index contributed by atoms with van der Waals surface area (Å²) in [5.74, 6) is 0.101. The van der Waals surface area contributed by atoms with Crippen LogP contribution in [0, 0.1) is 5.92 Å². The van der Waals surface area contributed by atoms with Crippen LogP contribution in [-0.4, -0.2) is 52.7 Å². The molecule has 41 heavy (non-hydrogen) atoms. The van der Waals surface area contributed by atoms with Gasteiger partial charge in [0.1, 0.15) is 6.10 Å². The Morgan fingerprint density at radius 2 is 1.93 bits per heavy atom. The minimum absolute atomic E-state index is 0.0333. The molecule has 12 heteroatoms. The van der Waals surface area contributed by atoms with Crippen molar-refractivity contribution >= 4 is 68.8 Å². The van der Waals surface area contributed by atoms with E-state index in [-0.39, 0.29) is 30.5 Å². The molecular formula is C29H32Cl4N4O3S. The number of benzene rings is 2. The van der Waals surface area contributed by atoms with Crippen LogP contribution in [-0.2, 0) is 17.8 Å². The smallest absolute Gasteiger partial charge is 0.227 e. The topological polar surface area (TPSA) is 91.9 Å². The summed E-state index contributed by atoms with van der Waals surface area (Å²) in [6.07, 6.45) is 4.31. The van der Waals surface area contributed by atoms with Crippen LogP contribution in [0.4, 0.5) is 5.13 Å². The first-order valence-corrected chi connectivity index (χ1v) is 15.9. The number of nitrogens with zero attached hydrogens (tertiary/aromatic N) is 3. The number of ether oxygens (including phenoxy) is 1. The van der Waals surface area contributed by atoms with Crippen LogP contribution in [0.5, 0.6) is 5.75 Å². The van der Waals surface area contributed by atoms with Crippen LogP contribution < -0.4 is 15.4 Å². The number of aliphatic hydroxyl groups excluding tert-OH is 1. The summed E-state index contributed by atoms with van der Waals surface area (Å²) in [5, 5.41) is 12.4. The van der Waals surface area contributed by atoms with E-state index in [2.05, 4.69) is 9.88 Å². The van der Waals surface area contributed by atoms with Crippen molar-refractivity contribution in [3.05, 3.63) is 72.6 Å². The first kappa shape index (κ1) is 30.7. The summed E-state index contributed by atoms with van der Waals surface area (Å²) in [7, 11) is 0. The van der Waals surface area contributed by atoms with E-state index < -0.39 is 6.10 Å².